The van der Waals surface area contributed by atoms with Crippen molar-refractivity contribution >= 4 is 11.9 Å². The molecule has 0 saturated heterocycles. The van der Waals surface area contributed by atoms with Crippen molar-refractivity contribution in [2.75, 3.05) is 7.11 Å². The number of nitrogens with zero attached hydrogens (tertiary/aromatic N) is 1. The molecule has 0 radical (unpaired) electrons. The summed E-state index contributed by atoms with van der Waals surface area (Å²) in [5.74, 6) is -0.478. The standard InChI is InChI=1S/C29H30FNO4/c1-34-29(33)24-13-11-22(12-14-24)20-31(19-21-7-3-2-4-8-21)28(32)23-15-17-25(18-16-23)35-27-10-6-5-9-26(27)30/h2-14,23,25H,15-20H2,1H3. The molecule has 6 heteroatoms. The van der Waals surface area contributed by atoms with Gasteiger partial charge in [0.15, 0.2) is 11.6 Å². The lowest BCUT2D eigenvalue weighted by atomic mass is 9.86. The molecule has 1 aliphatic rings. The normalized spacial score (nSPS) is 17.4. The molecule has 4 rings (SSSR count). The minimum Gasteiger partial charge on any atom is -0.487 e. The topological polar surface area (TPSA) is 55.8 Å². The minimum absolute atomic E-state index is 0.0932. The first-order chi connectivity index (χ1) is 17.0. The average Bonchev–Trinajstić information content (AvgIpc) is 2.90. The van der Waals surface area contributed by atoms with Crippen LogP contribution in [0, 0.1) is 11.7 Å². The Hall–Kier alpha value is -3.67. The molecule has 3 aromatic carbocycles. The number of para-hydroxylation sites is 1. The van der Waals surface area contributed by atoms with Crippen molar-refractivity contribution in [2.24, 2.45) is 5.92 Å². The summed E-state index contributed by atoms with van der Waals surface area (Å²) in [6.45, 7) is 0.949. The number of hydrogen-bond acceptors (Lipinski definition) is 4. The van der Waals surface area contributed by atoms with E-state index in [-0.39, 0.29) is 35.5 Å². The molecule has 1 aliphatic carbocycles. The number of rotatable bonds is 8. The van der Waals surface area contributed by atoms with Crippen molar-refractivity contribution in [3.63, 3.8) is 0 Å². The van der Waals surface area contributed by atoms with E-state index in [9.17, 15) is 14.0 Å². The second-order valence-corrected chi connectivity index (χ2v) is 8.89. The summed E-state index contributed by atoms with van der Waals surface area (Å²) in [6, 6.07) is 23.5. The summed E-state index contributed by atoms with van der Waals surface area (Å²) in [5.41, 5.74) is 2.48. The zero-order valence-corrected chi connectivity index (χ0v) is 19.9. The van der Waals surface area contributed by atoms with Crippen LogP contribution in [-0.2, 0) is 22.6 Å². The van der Waals surface area contributed by atoms with E-state index in [0.717, 1.165) is 11.1 Å². The molecule has 1 saturated carbocycles. The van der Waals surface area contributed by atoms with Crippen molar-refractivity contribution in [3.8, 4) is 5.75 Å². The van der Waals surface area contributed by atoms with Crippen LogP contribution < -0.4 is 4.74 Å². The van der Waals surface area contributed by atoms with Gasteiger partial charge in [-0.25, -0.2) is 9.18 Å². The van der Waals surface area contributed by atoms with Gasteiger partial charge in [-0.05, 0) is 61.1 Å². The summed E-state index contributed by atoms with van der Waals surface area (Å²) < 4.78 is 24.6. The number of esters is 1. The molecular formula is C29H30FNO4. The largest absolute Gasteiger partial charge is 0.487 e. The molecule has 0 spiro atoms. The lowest BCUT2D eigenvalue weighted by molar-refractivity contribution is -0.138. The van der Waals surface area contributed by atoms with E-state index in [0.29, 0.717) is 44.3 Å². The fourth-order valence-electron chi connectivity index (χ4n) is 4.51. The fourth-order valence-corrected chi connectivity index (χ4v) is 4.51. The highest BCUT2D eigenvalue weighted by Crippen LogP contribution is 2.30. The Kier molecular flexibility index (Phi) is 8.14. The Morgan fingerprint density at radius 1 is 0.829 bits per heavy atom. The quantitative estimate of drug-likeness (QED) is 0.388. The number of carbonyl (C=O) groups is 2. The number of benzene rings is 3. The number of methoxy groups -OCH3 is 1. The van der Waals surface area contributed by atoms with E-state index >= 15 is 0 Å². The molecule has 1 fully saturated rings. The van der Waals surface area contributed by atoms with Crippen molar-refractivity contribution < 1.29 is 23.5 Å². The van der Waals surface area contributed by atoms with Gasteiger partial charge in [0.25, 0.3) is 0 Å². The maximum Gasteiger partial charge on any atom is 0.337 e. The van der Waals surface area contributed by atoms with Gasteiger partial charge in [-0.2, -0.15) is 0 Å². The Morgan fingerprint density at radius 3 is 2.06 bits per heavy atom. The third kappa shape index (κ3) is 6.47. The Bertz CT molecular complexity index is 1120. The molecule has 0 heterocycles. The monoisotopic (exact) mass is 475 g/mol. The van der Waals surface area contributed by atoms with Gasteiger partial charge in [0.1, 0.15) is 0 Å². The van der Waals surface area contributed by atoms with Crippen LogP contribution in [0.2, 0.25) is 0 Å². The highest BCUT2D eigenvalue weighted by atomic mass is 19.1. The van der Waals surface area contributed by atoms with Crippen LogP contribution in [-0.4, -0.2) is 30.0 Å². The number of carbonyl (C=O) groups excluding carboxylic acids is 2. The third-order valence-electron chi connectivity index (χ3n) is 6.43. The van der Waals surface area contributed by atoms with Crippen LogP contribution in [0.25, 0.3) is 0 Å². The minimum atomic E-state index is -0.386. The van der Waals surface area contributed by atoms with E-state index < -0.39 is 0 Å². The van der Waals surface area contributed by atoms with Crippen LogP contribution in [0.5, 0.6) is 5.75 Å². The average molecular weight is 476 g/mol. The predicted molar refractivity (Wildman–Crippen MR) is 131 cm³/mol. The smallest absolute Gasteiger partial charge is 0.337 e. The second-order valence-electron chi connectivity index (χ2n) is 8.89. The van der Waals surface area contributed by atoms with Gasteiger partial charge in [-0.3, -0.25) is 4.79 Å². The van der Waals surface area contributed by atoms with Crippen LogP contribution in [0.3, 0.4) is 0 Å². The third-order valence-corrected chi connectivity index (χ3v) is 6.43. The number of hydrogen-bond donors (Lipinski definition) is 0. The Labute approximate surface area is 205 Å². The fraction of sp³-hybridized carbons (Fsp3) is 0.310. The van der Waals surface area contributed by atoms with E-state index in [1.807, 2.05) is 47.4 Å². The Morgan fingerprint density at radius 2 is 1.43 bits per heavy atom. The highest BCUT2D eigenvalue weighted by molar-refractivity contribution is 5.89. The number of ether oxygens (including phenoxy) is 2. The predicted octanol–water partition coefficient (Wildman–Crippen LogP) is 5.78. The summed E-state index contributed by atoms with van der Waals surface area (Å²) in [5, 5.41) is 0. The maximum atomic E-state index is 13.9. The lowest BCUT2D eigenvalue weighted by Crippen LogP contribution is -2.38. The van der Waals surface area contributed by atoms with Crippen molar-refractivity contribution in [2.45, 2.75) is 44.9 Å². The van der Waals surface area contributed by atoms with Crippen molar-refractivity contribution in [3.05, 3.63) is 101 Å². The van der Waals surface area contributed by atoms with E-state index in [1.165, 1.54) is 13.2 Å². The number of amides is 1. The first-order valence-corrected chi connectivity index (χ1v) is 11.9. The van der Waals surface area contributed by atoms with Gasteiger partial charge in [0.2, 0.25) is 5.91 Å². The molecule has 182 valence electrons. The lowest BCUT2D eigenvalue weighted by Gasteiger charge is -2.32. The Balaban J connectivity index is 1.42. The molecule has 3 aromatic rings. The first-order valence-electron chi connectivity index (χ1n) is 11.9. The zero-order valence-electron chi connectivity index (χ0n) is 19.9. The van der Waals surface area contributed by atoms with Gasteiger partial charge < -0.3 is 14.4 Å². The van der Waals surface area contributed by atoms with Crippen LogP contribution in [0.1, 0.15) is 47.2 Å². The van der Waals surface area contributed by atoms with Crippen LogP contribution >= 0.6 is 0 Å². The van der Waals surface area contributed by atoms with Crippen molar-refractivity contribution in [1.29, 1.82) is 0 Å². The highest BCUT2D eigenvalue weighted by Gasteiger charge is 2.31. The van der Waals surface area contributed by atoms with Gasteiger partial charge in [0.05, 0.1) is 18.8 Å². The van der Waals surface area contributed by atoms with Gasteiger partial charge in [-0.15, -0.1) is 0 Å². The molecule has 35 heavy (non-hydrogen) atoms. The number of halogens is 1. The molecule has 0 atom stereocenters. The molecule has 0 bridgehead atoms. The zero-order chi connectivity index (χ0) is 24.6. The molecular weight excluding hydrogens is 445 g/mol. The molecule has 1 amide bonds. The SMILES string of the molecule is COC(=O)c1ccc(CN(Cc2ccccc2)C(=O)C2CCC(Oc3ccccc3F)CC2)cc1. The first kappa shape index (κ1) is 24.5. The van der Waals surface area contributed by atoms with Gasteiger partial charge >= 0.3 is 5.97 Å². The van der Waals surface area contributed by atoms with E-state index in [2.05, 4.69) is 0 Å². The molecule has 0 unspecified atom stereocenters. The molecule has 5 nitrogen and oxygen atoms in total. The second kappa shape index (κ2) is 11.6. The van der Waals surface area contributed by atoms with E-state index in [4.69, 9.17) is 9.47 Å². The molecule has 0 aromatic heterocycles. The maximum absolute atomic E-state index is 13.9. The van der Waals surface area contributed by atoms with Gasteiger partial charge in [0, 0.05) is 19.0 Å². The van der Waals surface area contributed by atoms with Crippen LogP contribution in [0.4, 0.5) is 4.39 Å². The molecule has 0 N–H and O–H groups in total. The summed E-state index contributed by atoms with van der Waals surface area (Å²) in [6.07, 6.45) is 2.72. The van der Waals surface area contributed by atoms with Crippen molar-refractivity contribution in [1.82, 2.24) is 4.90 Å². The summed E-state index contributed by atoms with van der Waals surface area (Å²) in [7, 11) is 1.35. The molecule has 0 aliphatic heterocycles. The summed E-state index contributed by atoms with van der Waals surface area (Å²) >= 11 is 0. The van der Waals surface area contributed by atoms with Crippen LogP contribution in [0.15, 0.2) is 78.9 Å². The summed E-state index contributed by atoms with van der Waals surface area (Å²) in [4.78, 5) is 27.2. The van der Waals surface area contributed by atoms with Gasteiger partial charge in [-0.1, -0.05) is 54.6 Å². The van der Waals surface area contributed by atoms with E-state index in [1.54, 1.807) is 30.3 Å².